The molecule has 0 fully saturated rings. The van der Waals surface area contributed by atoms with E-state index in [0.717, 1.165) is 5.39 Å². The summed E-state index contributed by atoms with van der Waals surface area (Å²) in [6.45, 7) is 0. The van der Waals surface area contributed by atoms with Crippen LogP contribution in [0.1, 0.15) is 5.56 Å². The molecular formula is C19H13ClN6O2S. The van der Waals surface area contributed by atoms with E-state index in [1.165, 1.54) is 18.2 Å². The van der Waals surface area contributed by atoms with E-state index in [1.54, 1.807) is 24.3 Å². The van der Waals surface area contributed by atoms with Crippen molar-refractivity contribution in [2.24, 2.45) is 0 Å². The van der Waals surface area contributed by atoms with Gasteiger partial charge >= 0.3 is 0 Å². The maximum atomic E-state index is 13.2. The molecule has 0 atom stereocenters. The molecule has 10 heteroatoms. The predicted molar refractivity (Wildman–Crippen MR) is 110 cm³/mol. The fraction of sp³-hybridized carbons (Fsp3) is 0. The normalized spacial score (nSPS) is 11.3. The average molecular weight is 425 g/mol. The molecule has 0 amide bonds. The first-order valence-electron chi connectivity index (χ1n) is 8.33. The molecule has 4 rings (SSSR count). The van der Waals surface area contributed by atoms with E-state index in [0.29, 0.717) is 20.7 Å². The van der Waals surface area contributed by atoms with Crippen molar-refractivity contribution in [1.29, 1.82) is 5.26 Å². The van der Waals surface area contributed by atoms with Crippen LogP contribution in [0.4, 0.5) is 17.6 Å². The molecule has 1 aromatic heterocycles. The number of nitrogens with two attached hydrogens (primary N) is 1. The first-order valence-corrected chi connectivity index (χ1v) is 10.1. The minimum Gasteiger partial charge on any atom is -0.367 e. The number of rotatable bonds is 4. The van der Waals surface area contributed by atoms with Crippen molar-refractivity contribution < 1.29 is 8.42 Å². The van der Waals surface area contributed by atoms with Crippen LogP contribution >= 0.6 is 11.6 Å². The highest BCUT2D eigenvalue weighted by molar-refractivity contribution is 7.90. The summed E-state index contributed by atoms with van der Waals surface area (Å²) < 4.78 is 27.0. The molecule has 0 unspecified atom stereocenters. The van der Waals surface area contributed by atoms with Crippen LogP contribution in [0.2, 0.25) is 5.02 Å². The standard InChI is InChI=1S/C19H13ClN6O2S/c20-16-10-14(9-8-13(16)11-21)23-19-24-18(22)26(25-19)29(27,28)17-7-3-5-12-4-1-2-6-15(12)17/h1-10H,(H3,22,23,24,25). The van der Waals surface area contributed by atoms with E-state index >= 15 is 0 Å². The van der Waals surface area contributed by atoms with E-state index in [2.05, 4.69) is 15.4 Å². The minimum absolute atomic E-state index is 0.0212. The van der Waals surface area contributed by atoms with Crippen LogP contribution < -0.4 is 11.1 Å². The Kier molecular flexibility index (Phi) is 4.58. The molecule has 1 heterocycles. The van der Waals surface area contributed by atoms with Crippen molar-refractivity contribution in [3.63, 3.8) is 0 Å². The highest BCUT2D eigenvalue weighted by Gasteiger charge is 2.24. The largest absolute Gasteiger partial charge is 0.367 e. The third-order valence-corrected chi connectivity index (χ3v) is 6.15. The second-order valence-corrected chi connectivity index (χ2v) is 8.19. The van der Waals surface area contributed by atoms with Gasteiger partial charge in [-0.15, -0.1) is 9.19 Å². The Morgan fingerprint density at radius 3 is 2.62 bits per heavy atom. The molecule has 3 N–H and O–H groups in total. The summed E-state index contributed by atoms with van der Waals surface area (Å²) in [5, 5.41) is 17.4. The lowest BCUT2D eigenvalue weighted by Gasteiger charge is -2.08. The highest BCUT2D eigenvalue weighted by Crippen LogP contribution is 2.27. The lowest BCUT2D eigenvalue weighted by Crippen LogP contribution is -2.17. The summed E-state index contributed by atoms with van der Waals surface area (Å²) >= 11 is 6.01. The summed E-state index contributed by atoms with van der Waals surface area (Å²) in [7, 11) is -4.08. The van der Waals surface area contributed by atoms with Crippen molar-refractivity contribution in [3.8, 4) is 6.07 Å². The van der Waals surface area contributed by atoms with Crippen LogP contribution in [0.15, 0.2) is 65.6 Å². The monoisotopic (exact) mass is 424 g/mol. The summed E-state index contributed by atoms with van der Waals surface area (Å²) in [6, 6.07) is 18.7. The van der Waals surface area contributed by atoms with Crippen LogP contribution in [0, 0.1) is 11.3 Å². The van der Waals surface area contributed by atoms with Crippen molar-refractivity contribution in [3.05, 3.63) is 71.2 Å². The SMILES string of the molecule is N#Cc1ccc(Nc2nc(N)n(S(=O)(=O)c3cccc4ccccc34)n2)cc1Cl. The van der Waals surface area contributed by atoms with E-state index in [4.69, 9.17) is 22.6 Å². The lowest BCUT2D eigenvalue weighted by molar-refractivity contribution is 0.582. The molecule has 3 aromatic carbocycles. The number of hydrogen-bond acceptors (Lipinski definition) is 7. The Hall–Kier alpha value is -3.61. The van der Waals surface area contributed by atoms with Crippen molar-refractivity contribution >= 4 is 50.0 Å². The molecular weight excluding hydrogens is 412 g/mol. The average Bonchev–Trinajstić information content (AvgIpc) is 3.08. The molecule has 4 aromatic rings. The van der Waals surface area contributed by atoms with Crippen molar-refractivity contribution in [2.45, 2.75) is 4.90 Å². The van der Waals surface area contributed by atoms with Gasteiger partial charge in [-0.25, -0.2) is 0 Å². The highest BCUT2D eigenvalue weighted by atomic mass is 35.5. The quantitative estimate of drug-likeness (QED) is 0.513. The van der Waals surface area contributed by atoms with Gasteiger partial charge in [-0.2, -0.15) is 18.7 Å². The fourth-order valence-corrected chi connectivity index (χ4v) is 4.46. The topological polar surface area (TPSA) is 127 Å². The van der Waals surface area contributed by atoms with Crippen LogP contribution in [0.3, 0.4) is 0 Å². The van der Waals surface area contributed by atoms with Crippen LogP contribution in [0.5, 0.6) is 0 Å². The van der Waals surface area contributed by atoms with Gasteiger partial charge < -0.3 is 11.1 Å². The zero-order valence-electron chi connectivity index (χ0n) is 14.7. The molecule has 0 radical (unpaired) electrons. The van der Waals surface area contributed by atoms with E-state index in [9.17, 15) is 8.42 Å². The maximum Gasteiger partial charge on any atom is 0.286 e. The third-order valence-electron chi connectivity index (χ3n) is 4.20. The summed E-state index contributed by atoms with van der Waals surface area (Å²) in [4.78, 5) is 4.05. The van der Waals surface area contributed by atoms with E-state index in [-0.39, 0.29) is 21.8 Å². The smallest absolute Gasteiger partial charge is 0.286 e. The number of fused-ring (bicyclic) bond motifs is 1. The molecule has 29 heavy (non-hydrogen) atoms. The summed E-state index contributed by atoms with van der Waals surface area (Å²) in [6.07, 6.45) is 0. The van der Waals surface area contributed by atoms with Crippen molar-refractivity contribution in [2.75, 3.05) is 11.1 Å². The fourth-order valence-electron chi connectivity index (χ4n) is 2.87. The number of halogens is 1. The molecule has 0 saturated carbocycles. The number of benzene rings is 3. The van der Waals surface area contributed by atoms with Crippen LogP contribution in [-0.4, -0.2) is 22.6 Å². The number of hydrogen-bond donors (Lipinski definition) is 2. The Morgan fingerprint density at radius 2 is 1.86 bits per heavy atom. The maximum absolute atomic E-state index is 13.2. The number of nitrogens with one attached hydrogen (secondary N) is 1. The Labute approximate surface area is 171 Å². The number of nitrogens with zero attached hydrogens (tertiary/aromatic N) is 4. The number of nitriles is 1. The first kappa shape index (κ1) is 18.7. The number of aromatic nitrogens is 3. The summed E-state index contributed by atoms with van der Waals surface area (Å²) in [5.41, 5.74) is 6.63. The van der Waals surface area contributed by atoms with Crippen molar-refractivity contribution in [1.82, 2.24) is 14.2 Å². The molecule has 0 spiro atoms. The molecule has 0 bridgehead atoms. The zero-order chi connectivity index (χ0) is 20.6. The number of anilines is 3. The third kappa shape index (κ3) is 3.35. The van der Waals surface area contributed by atoms with Gasteiger partial charge in [0.05, 0.1) is 15.5 Å². The van der Waals surface area contributed by atoms with Gasteiger partial charge in [-0.3, -0.25) is 0 Å². The van der Waals surface area contributed by atoms with Gasteiger partial charge in [0.15, 0.2) is 0 Å². The molecule has 0 saturated heterocycles. The van der Waals surface area contributed by atoms with Gasteiger partial charge in [0.1, 0.15) is 6.07 Å². The van der Waals surface area contributed by atoms with E-state index < -0.39 is 10.0 Å². The molecule has 8 nitrogen and oxygen atoms in total. The molecule has 0 aliphatic heterocycles. The van der Waals surface area contributed by atoms with Crippen LogP contribution in [0.25, 0.3) is 10.8 Å². The zero-order valence-corrected chi connectivity index (χ0v) is 16.3. The van der Waals surface area contributed by atoms with E-state index in [1.807, 2.05) is 24.3 Å². The van der Waals surface area contributed by atoms with Gasteiger partial charge in [0, 0.05) is 11.1 Å². The molecule has 144 valence electrons. The first-order chi connectivity index (χ1) is 13.9. The Morgan fingerprint density at radius 1 is 1.10 bits per heavy atom. The summed E-state index contributed by atoms with van der Waals surface area (Å²) in [5.74, 6) is -0.313. The van der Waals surface area contributed by atoms with Gasteiger partial charge in [-0.05, 0) is 29.7 Å². The Balaban J connectivity index is 1.74. The second kappa shape index (κ2) is 7.09. The van der Waals surface area contributed by atoms with Gasteiger partial charge in [-0.1, -0.05) is 48.0 Å². The minimum atomic E-state index is -4.08. The van der Waals surface area contributed by atoms with Gasteiger partial charge in [0.2, 0.25) is 11.9 Å². The Bertz CT molecular complexity index is 1390. The number of nitrogen functional groups attached to an aromatic ring is 1. The second-order valence-electron chi connectivity index (χ2n) is 6.05. The predicted octanol–water partition coefficient (Wildman–Crippen LogP) is 3.52. The lowest BCUT2D eigenvalue weighted by atomic mass is 10.1. The molecule has 0 aliphatic rings. The van der Waals surface area contributed by atoms with Gasteiger partial charge in [0.25, 0.3) is 10.0 Å². The molecule has 0 aliphatic carbocycles. The van der Waals surface area contributed by atoms with Crippen LogP contribution in [-0.2, 0) is 10.0 Å².